The Labute approximate surface area is 154 Å². The maximum atomic E-state index is 12.5. The molecule has 1 aliphatic rings. The number of carbonyl (C=O) groups is 1. The second kappa shape index (κ2) is 7.00. The predicted octanol–water partition coefficient (Wildman–Crippen LogP) is 2.27. The first kappa shape index (κ1) is 16.9. The number of hydrogen-bond donors (Lipinski definition) is 1. The molecule has 3 aromatic rings. The molecule has 0 bridgehead atoms. The van der Waals surface area contributed by atoms with E-state index in [1.165, 1.54) is 6.33 Å². The third-order valence-corrected chi connectivity index (χ3v) is 5.05. The first-order chi connectivity index (χ1) is 12.6. The molecule has 0 aromatic carbocycles. The lowest BCUT2D eigenvalue weighted by atomic mass is 10.2. The summed E-state index contributed by atoms with van der Waals surface area (Å²) in [6.45, 7) is 5.41. The molecule has 3 aromatic heterocycles. The van der Waals surface area contributed by atoms with E-state index in [1.807, 2.05) is 36.4 Å². The number of anilines is 2. The molecular weight excluding hydrogens is 352 g/mol. The zero-order valence-electron chi connectivity index (χ0n) is 14.6. The number of thiophene rings is 1. The van der Waals surface area contributed by atoms with Gasteiger partial charge < -0.3 is 15.0 Å². The van der Waals surface area contributed by atoms with Gasteiger partial charge in [0.2, 0.25) is 5.91 Å². The molecule has 1 N–H and O–H groups in total. The van der Waals surface area contributed by atoms with Crippen LogP contribution in [0.25, 0.3) is 10.2 Å². The first-order valence-corrected chi connectivity index (χ1v) is 9.37. The number of hydrogen-bond acceptors (Lipinski definition) is 7. The van der Waals surface area contributed by atoms with E-state index in [4.69, 9.17) is 4.74 Å². The maximum absolute atomic E-state index is 12.5. The van der Waals surface area contributed by atoms with E-state index in [2.05, 4.69) is 20.4 Å². The smallest absolute Gasteiger partial charge is 0.244 e. The fraction of sp³-hybridized carbons (Fsp3) is 0.412. The van der Waals surface area contributed by atoms with Gasteiger partial charge >= 0.3 is 0 Å². The Hall–Kier alpha value is -2.52. The Kier molecular flexibility index (Phi) is 4.56. The average molecular weight is 372 g/mol. The molecule has 26 heavy (non-hydrogen) atoms. The van der Waals surface area contributed by atoms with Gasteiger partial charge in [-0.15, -0.1) is 11.3 Å². The highest BCUT2D eigenvalue weighted by molar-refractivity contribution is 7.16. The van der Waals surface area contributed by atoms with E-state index in [9.17, 15) is 4.79 Å². The summed E-state index contributed by atoms with van der Waals surface area (Å²) in [5.74, 6) is 0.780. The lowest BCUT2D eigenvalue weighted by Gasteiger charge is -2.35. The van der Waals surface area contributed by atoms with Gasteiger partial charge in [-0.05, 0) is 25.3 Å². The molecule has 2 unspecified atom stereocenters. The normalized spacial score (nSPS) is 20.5. The molecule has 4 rings (SSSR count). The summed E-state index contributed by atoms with van der Waals surface area (Å²) in [6, 6.07) is 1.98. The molecule has 0 saturated carbocycles. The Morgan fingerprint density at radius 3 is 2.96 bits per heavy atom. The van der Waals surface area contributed by atoms with E-state index in [-0.39, 0.29) is 24.7 Å². The molecule has 9 heteroatoms. The van der Waals surface area contributed by atoms with Crippen molar-refractivity contribution in [2.24, 2.45) is 0 Å². The van der Waals surface area contributed by atoms with Crippen LogP contribution in [0.4, 0.5) is 11.5 Å². The predicted molar refractivity (Wildman–Crippen MR) is 99.5 cm³/mol. The SMILES string of the molecule is CC1CN(C(=O)Cn2cc(Nc3ncnc4sccc34)cn2)CC(C)O1. The number of fused-ring (bicyclic) bond motifs is 1. The van der Waals surface area contributed by atoms with Crippen molar-refractivity contribution in [1.82, 2.24) is 24.6 Å². The van der Waals surface area contributed by atoms with Crippen LogP contribution in [0.2, 0.25) is 0 Å². The van der Waals surface area contributed by atoms with Gasteiger partial charge in [-0.25, -0.2) is 9.97 Å². The number of aromatic nitrogens is 4. The third kappa shape index (κ3) is 3.54. The number of nitrogens with zero attached hydrogens (tertiary/aromatic N) is 5. The number of rotatable bonds is 4. The van der Waals surface area contributed by atoms with Crippen LogP contribution in [0.1, 0.15) is 13.8 Å². The molecule has 1 fully saturated rings. The average Bonchev–Trinajstić information content (AvgIpc) is 3.24. The van der Waals surface area contributed by atoms with Gasteiger partial charge in [-0.2, -0.15) is 5.10 Å². The first-order valence-electron chi connectivity index (χ1n) is 8.49. The molecule has 0 radical (unpaired) electrons. The van der Waals surface area contributed by atoms with Gasteiger partial charge in [-0.3, -0.25) is 9.48 Å². The summed E-state index contributed by atoms with van der Waals surface area (Å²) in [5, 5.41) is 10.5. The third-order valence-electron chi connectivity index (χ3n) is 4.23. The van der Waals surface area contributed by atoms with Gasteiger partial charge in [0, 0.05) is 19.3 Å². The Bertz CT molecular complexity index is 913. The highest BCUT2D eigenvalue weighted by atomic mass is 32.1. The van der Waals surface area contributed by atoms with Gasteiger partial charge in [0.25, 0.3) is 0 Å². The van der Waals surface area contributed by atoms with Crippen molar-refractivity contribution in [2.45, 2.75) is 32.6 Å². The number of nitrogens with one attached hydrogen (secondary N) is 1. The molecule has 136 valence electrons. The van der Waals surface area contributed by atoms with Gasteiger partial charge in [0.05, 0.1) is 29.5 Å². The van der Waals surface area contributed by atoms with Crippen molar-refractivity contribution in [1.29, 1.82) is 0 Å². The van der Waals surface area contributed by atoms with Gasteiger partial charge in [-0.1, -0.05) is 0 Å². The zero-order chi connectivity index (χ0) is 18.1. The fourth-order valence-corrected chi connectivity index (χ4v) is 3.89. The zero-order valence-corrected chi connectivity index (χ0v) is 15.4. The Balaban J connectivity index is 1.43. The summed E-state index contributed by atoms with van der Waals surface area (Å²) in [6.07, 6.45) is 5.16. The quantitative estimate of drug-likeness (QED) is 0.756. The molecule has 1 amide bonds. The number of ether oxygens (including phenoxy) is 1. The largest absolute Gasteiger partial charge is 0.372 e. The van der Waals surface area contributed by atoms with Crippen molar-refractivity contribution >= 4 is 39.0 Å². The Morgan fingerprint density at radius 1 is 1.35 bits per heavy atom. The second-order valence-corrected chi connectivity index (χ2v) is 7.36. The molecule has 0 aliphatic carbocycles. The van der Waals surface area contributed by atoms with Crippen molar-refractivity contribution in [2.75, 3.05) is 18.4 Å². The van der Waals surface area contributed by atoms with E-state index in [1.54, 1.807) is 22.2 Å². The highest BCUT2D eigenvalue weighted by Crippen LogP contribution is 2.26. The van der Waals surface area contributed by atoms with E-state index in [0.29, 0.717) is 13.1 Å². The van der Waals surface area contributed by atoms with Crippen LogP contribution in [-0.2, 0) is 16.1 Å². The van der Waals surface area contributed by atoms with Crippen molar-refractivity contribution in [3.05, 3.63) is 30.2 Å². The van der Waals surface area contributed by atoms with Crippen molar-refractivity contribution < 1.29 is 9.53 Å². The molecule has 1 aliphatic heterocycles. The van der Waals surface area contributed by atoms with Gasteiger partial charge in [0.15, 0.2) is 0 Å². The number of morpholine rings is 1. The van der Waals surface area contributed by atoms with Crippen LogP contribution >= 0.6 is 11.3 Å². The fourth-order valence-electron chi connectivity index (χ4n) is 3.16. The van der Waals surface area contributed by atoms with Crippen molar-refractivity contribution in [3.63, 3.8) is 0 Å². The maximum Gasteiger partial charge on any atom is 0.244 e. The van der Waals surface area contributed by atoms with Gasteiger partial charge in [0.1, 0.15) is 23.5 Å². The van der Waals surface area contributed by atoms with Crippen LogP contribution in [0.5, 0.6) is 0 Å². The summed E-state index contributed by atoms with van der Waals surface area (Å²) in [7, 11) is 0. The number of carbonyl (C=O) groups excluding carboxylic acids is 1. The lowest BCUT2D eigenvalue weighted by Crippen LogP contribution is -2.49. The summed E-state index contributed by atoms with van der Waals surface area (Å²) >= 11 is 1.57. The molecular formula is C17H20N6O2S. The van der Waals surface area contributed by atoms with Crippen LogP contribution < -0.4 is 5.32 Å². The minimum Gasteiger partial charge on any atom is -0.372 e. The minimum absolute atomic E-state index is 0.0453. The summed E-state index contributed by atoms with van der Waals surface area (Å²) in [4.78, 5) is 23.8. The molecule has 8 nitrogen and oxygen atoms in total. The topological polar surface area (TPSA) is 85.2 Å². The van der Waals surface area contributed by atoms with E-state index >= 15 is 0 Å². The second-order valence-electron chi connectivity index (χ2n) is 6.47. The molecule has 4 heterocycles. The molecule has 0 spiro atoms. The van der Waals surface area contributed by atoms with Crippen LogP contribution in [0.15, 0.2) is 30.2 Å². The van der Waals surface area contributed by atoms with E-state index in [0.717, 1.165) is 21.7 Å². The van der Waals surface area contributed by atoms with E-state index < -0.39 is 0 Å². The lowest BCUT2D eigenvalue weighted by molar-refractivity contribution is -0.144. The molecule has 2 atom stereocenters. The minimum atomic E-state index is 0.0453. The number of amides is 1. The van der Waals surface area contributed by atoms with Crippen LogP contribution in [0, 0.1) is 0 Å². The highest BCUT2D eigenvalue weighted by Gasteiger charge is 2.26. The van der Waals surface area contributed by atoms with Crippen molar-refractivity contribution in [3.8, 4) is 0 Å². The Morgan fingerprint density at radius 2 is 2.15 bits per heavy atom. The molecule has 1 saturated heterocycles. The summed E-state index contributed by atoms with van der Waals surface area (Å²) in [5.41, 5.74) is 0.785. The van der Waals surface area contributed by atoms with Crippen LogP contribution in [-0.4, -0.2) is 55.9 Å². The van der Waals surface area contributed by atoms with Crippen LogP contribution in [0.3, 0.4) is 0 Å². The standard InChI is InChI=1S/C17H20N6O2S/c1-11-6-22(7-12(2)25-11)15(24)9-23-8-13(5-20-23)21-16-14-3-4-26-17(14)19-10-18-16/h3-5,8,10-12H,6-7,9H2,1-2H3,(H,18,19,21). The summed E-state index contributed by atoms with van der Waals surface area (Å²) < 4.78 is 7.32. The monoisotopic (exact) mass is 372 g/mol.